The van der Waals surface area contributed by atoms with E-state index in [4.69, 9.17) is 40.6 Å². The van der Waals surface area contributed by atoms with Gasteiger partial charge in [0.25, 0.3) is 0 Å². The molecule has 394 valence electrons. The molecule has 1 N–H and O–H groups in total. The zero-order valence-electron chi connectivity index (χ0n) is 72.7. The molecule has 4 nitrogen and oxygen atoms in total. The number of pyridine rings is 1. The van der Waals surface area contributed by atoms with Crippen LogP contribution in [0.2, 0.25) is 0 Å². The summed E-state index contributed by atoms with van der Waals surface area (Å²) in [5.41, 5.74) is -15.7. The number of para-hydroxylation sites is 1. The number of benzene rings is 7. The van der Waals surface area contributed by atoms with Crippen LogP contribution in [0, 0.1) is 25.2 Å². The van der Waals surface area contributed by atoms with E-state index >= 15 is 0 Å². The molecule has 0 aliphatic carbocycles. The van der Waals surface area contributed by atoms with E-state index in [1.54, 1.807) is 106 Å². The van der Waals surface area contributed by atoms with Crippen LogP contribution < -0.4 is 0 Å². The van der Waals surface area contributed by atoms with Gasteiger partial charge in [0.05, 0.1) is 26.4 Å². The average molecular weight is 1210 g/mol. The fourth-order valence-corrected chi connectivity index (χ4v) is 9.16. The van der Waals surface area contributed by atoms with Crippen molar-refractivity contribution >= 4 is 11.0 Å². The van der Waals surface area contributed by atoms with Crippen LogP contribution in [0.15, 0.2) is 146 Å². The fraction of sp³-hybridized carbons (Fsp3) is 0.324. The second kappa shape index (κ2) is 20.5. The molecule has 7 aromatic carbocycles. The van der Waals surface area contributed by atoms with Gasteiger partial charge in [-0.15, -0.1) is 29.3 Å². The minimum Gasteiger partial charge on any atom is -0.507 e. The summed E-state index contributed by atoms with van der Waals surface area (Å²) in [6, 6.07) is 31.7. The van der Waals surface area contributed by atoms with E-state index in [2.05, 4.69) is 11.1 Å². The number of imidazole rings is 1. The average Bonchev–Trinajstić information content (AvgIpc) is 1.38. The van der Waals surface area contributed by atoms with Gasteiger partial charge in [-0.05, 0) is 121 Å². The standard InChI is InChI=1S/C71H78N3O.Pt/c1-44-33-46(42-67(3,4)5)31-32-54(44)56-41-61(72-43-45(56)2)50-34-49(35-51(36-50)68(6,7)8)55-29-24-30-62-63(55)73-66(59-39-53(70(12,13)14)40-60(65(59)75)71(15,16)17)74(62)64-57(47-25-20-18-21-26-47)37-52(69(9,10)11)38-58(64)48-27-22-19-23-28-48;/h18-33,35-41,43,75H,42H2,1-17H3;/q-1;/i1D3,2D3,12D3,13D3,14D3,15D3,16D3,17D3,32D,39D,40D,42D2;. The van der Waals surface area contributed by atoms with Crippen molar-refractivity contribution in [1.29, 1.82) is 0 Å². The van der Waals surface area contributed by atoms with Crippen LogP contribution in [0.5, 0.6) is 5.75 Å². The van der Waals surface area contributed by atoms with E-state index in [0.29, 0.717) is 33.4 Å². The quantitative estimate of drug-likeness (QED) is 0.154. The summed E-state index contributed by atoms with van der Waals surface area (Å²) in [7, 11) is 0. The Morgan fingerprint density at radius 1 is 0.579 bits per heavy atom. The monoisotopic (exact) mass is 1210 g/mol. The first-order chi connectivity index (χ1) is 47.0. The number of phenols is 1. The number of aromatic hydroxyl groups is 1. The van der Waals surface area contributed by atoms with E-state index in [1.807, 2.05) is 53.7 Å². The largest absolute Gasteiger partial charge is 0.507 e. The van der Waals surface area contributed by atoms with Gasteiger partial charge in [-0.3, -0.25) is 9.55 Å². The molecule has 0 fully saturated rings. The molecule has 2 heterocycles. The van der Waals surface area contributed by atoms with Crippen LogP contribution in [0.1, 0.15) is 182 Å². The SMILES string of the molecule is [2H]c1cc(C([2H])([2H])C(C)(C)C)cc(C([2H])([2H])[2H])c1-c1cc(-c2[c-]c(-c3cccc4c3nc(-c3c([2H])c(C(C([2H])([2H])[2H])(C([2H])([2H])[2H])C([2H])([2H])[2H])c([2H])c(C(C([2H])([2H])[2H])(C([2H])([2H])[2H])C([2H])([2H])[2H])c3O)n4-c3c(-c4ccccc4)cc(C(C)(C)C)cc3-c3ccccc3)cc(C(C)(C)C)c2)ncc1C([2H])([2H])[2H].[Pt]. The zero-order valence-corrected chi connectivity index (χ0v) is 46.0. The summed E-state index contributed by atoms with van der Waals surface area (Å²) in [6.45, 7) is -16.5. The van der Waals surface area contributed by atoms with Crippen LogP contribution >= 0.6 is 0 Å². The van der Waals surface area contributed by atoms with Gasteiger partial charge in [0.2, 0.25) is 0 Å². The molecule has 5 heteroatoms. The molecule has 76 heavy (non-hydrogen) atoms. The molecular formula is C71H78N3OPt-. The normalized spacial score (nSPS) is 19.7. The Morgan fingerprint density at radius 2 is 1.18 bits per heavy atom. The summed E-state index contributed by atoms with van der Waals surface area (Å²) in [6.07, 6.45) is -1.19. The molecule has 0 saturated heterocycles. The van der Waals surface area contributed by atoms with Gasteiger partial charge in [-0.2, -0.15) is 0 Å². The number of fused-ring (bicyclic) bond motifs is 1. The Balaban J connectivity index is 0.0000139. The predicted octanol–water partition coefficient (Wildman–Crippen LogP) is 19.3. The van der Waals surface area contributed by atoms with Crippen molar-refractivity contribution in [2.45, 2.75) is 145 Å². The third-order valence-electron chi connectivity index (χ3n) is 12.9. The van der Waals surface area contributed by atoms with Crippen LogP contribution in [0.4, 0.5) is 0 Å². The van der Waals surface area contributed by atoms with Gasteiger partial charge in [0.15, 0.2) is 0 Å². The molecule has 0 bridgehead atoms. The van der Waals surface area contributed by atoms with E-state index in [9.17, 15) is 9.22 Å². The Labute approximate surface area is 510 Å². The Morgan fingerprint density at radius 3 is 1.76 bits per heavy atom. The van der Waals surface area contributed by atoms with Gasteiger partial charge in [-0.25, -0.2) is 4.98 Å². The predicted molar refractivity (Wildman–Crippen MR) is 319 cm³/mol. The molecule has 9 rings (SSSR count). The molecule has 0 atom stereocenters. The smallest absolute Gasteiger partial charge is 0.148 e. The van der Waals surface area contributed by atoms with Crippen molar-refractivity contribution in [1.82, 2.24) is 14.5 Å². The number of aryl methyl sites for hydroxylation is 2. The third kappa shape index (κ3) is 11.4. The molecule has 2 aromatic heterocycles. The van der Waals surface area contributed by atoms with Crippen molar-refractivity contribution in [2.24, 2.45) is 5.41 Å². The van der Waals surface area contributed by atoms with Crippen molar-refractivity contribution in [3.8, 4) is 78.6 Å². The van der Waals surface area contributed by atoms with Gasteiger partial charge < -0.3 is 5.11 Å². The number of aromatic nitrogens is 3. The van der Waals surface area contributed by atoms with Gasteiger partial charge >= 0.3 is 0 Å². The van der Waals surface area contributed by atoms with E-state index < -0.39 is 146 Å². The molecule has 0 aliphatic heterocycles. The second-order valence-electron chi connectivity index (χ2n) is 22.2. The summed E-state index contributed by atoms with van der Waals surface area (Å²) < 4.78 is 263. The zero-order chi connectivity index (χ0) is 78.6. The number of hydrogen-bond donors (Lipinski definition) is 1. The molecule has 9 aromatic rings. The minimum absolute atomic E-state index is 0. The maximum atomic E-state index is 13.6. The minimum atomic E-state index is -4.56. The number of hydrogen-bond acceptors (Lipinski definition) is 3. The summed E-state index contributed by atoms with van der Waals surface area (Å²) in [5, 5.41) is 13.6. The summed E-state index contributed by atoms with van der Waals surface area (Å²) in [4.78, 5) is 9.83. The number of phenolic OH excluding ortho intramolecular Hbond substituents is 1. The maximum Gasteiger partial charge on any atom is 0.148 e. The molecule has 0 aliphatic rings. The van der Waals surface area contributed by atoms with Crippen molar-refractivity contribution in [3.05, 3.63) is 191 Å². The maximum absolute atomic E-state index is 13.6. The molecule has 0 radical (unpaired) electrons. The summed E-state index contributed by atoms with van der Waals surface area (Å²) in [5.74, 6) is -2.64. The van der Waals surface area contributed by atoms with Gasteiger partial charge in [0.1, 0.15) is 11.6 Å². The molecule has 0 amide bonds. The fourth-order valence-electron chi connectivity index (χ4n) is 9.16. The van der Waals surface area contributed by atoms with Crippen molar-refractivity contribution in [2.75, 3.05) is 0 Å². The third-order valence-corrected chi connectivity index (χ3v) is 12.9. The Kier molecular flexibility index (Phi) is 7.95. The van der Waals surface area contributed by atoms with E-state index in [-0.39, 0.29) is 76.9 Å². The first-order valence-corrected chi connectivity index (χ1v) is 24.5. The second-order valence-corrected chi connectivity index (χ2v) is 22.2. The Hall–Kier alpha value is -6.35. The van der Waals surface area contributed by atoms with Gasteiger partial charge in [-0.1, -0.05) is 218 Å². The van der Waals surface area contributed by atoms with Gasteiger partial charge in [0, 0.05) is 85.3 Å². The summed E-state index contributed by atoms with van der Waals surface area (Å²) >= 11 is 0. The van der Waals surface area contributed by atoms with Crippen LogP contribution in [0.25, 0.3) is 83.9 Å². The van der Waals surface area contributed by atoms with E-state index in [1.165, 1.54) is 16.7 Å². The molecule has 0 unspecified atom stereocenters. The first-order valence-electron chi connectivity index (χ1n) is 39.0. The van der Waals surface area contributed by atoms with E-state index in [0.717, 1.165) is 18.3 Å². The van der Waals surface area contributed by atoms with Crippen molar-refractivity contribution in [3.63, 3.8) is 0 Å². The molecule has 0 saturated carbocycles. The number of nitrogens with zero attached hydrogens (tertiary/aromatic N) is 3. The van der Waals surface area contributed by atoms with Crippen molar-refractivity contribution < 1.29 is 65.9 Å². The molecular weight excluding hydrogens is 1110 g/mol. The Bertz CT molecular complexity index is 4590. The topological polar surface area (TPSA) is 50.9 Å². The first kappa shape index (κ1) is 29.4. The van der Waals surface area contributed by atoms with Crippen LogP contribution in [0.3, 0.4) is 0 Å². The van der Waals surface area contributed by atoms with Crippen LogP contribution in [-0.4, -0.2) is 19.6 Å². The molecule has 0 spiro atoms. The van der Waals surface area contributed by atoms with Crippen LogP contribution in [-0.2, 0) is 49.1 Å². The number of rotatable bonds is 8.